The van der Waals surface area contributed by atoms with Gasteiger partial charge in [-0.25, -0.2) is 13.1 Å². The summed E-state index contributed by atoms with van der Waals surface area (Å²) < 4.78 is 29.9. The maximum Gasteiger partial charge on any atom is 0.258 e. The van der Waals surface area contributed by atoms with E-state index in [1.807, 2.05) is 48.9 Å². The average Bonchev–Trinajstić information content (AvgIpc) is 3.15. The molecule has 0 aliphatic carbocycles. The van der Waals surface area contributed by atoms with Crippen molar-refractivity contribution in [3.05, 3.63) is 82.2 Å². The summed E-state index contributed by atoms with van der Waals surface area (Å²) in [6, 6.07) is 13.8. The number of nitrogens with one attached hydrogen (secondary N) is 2. The van der Waals surface area contributed by atoms with Gasteiger partial charge in [0.15, 0.2) is 0 Å². The Kier molecular flexibility index (Phi) is 5.00. The van der Waals surface area contributed by atoms with Gasteiger partial charge in [-0.05, 0) is 37.6 Å². The first kappa shape index (κ1) is 20.0. The maximum atomic E-state index is 12.8. The van der Waals surface area contributed by atoms with E-state index in [1.54, 1.807) is 0 Å². The van der Waals surface area contributed by atoms with Crippen LogP contribution in [0.2, 0.25) is 0 Å². The first-order valence-electron chi connectivity index (χ1n) is 9.32. The number of sulfonamides is 1. The number of hydrogen-bond donors (Lipinski definition) is 2. The molecule has 8 nitrogen and oxygen atoms in total. The SMILES string of the molecule is Cc1nn(Cc2ccccc2)c(C)c1CNS(=O)(=O)c1ccc2c(c1)C(=O)NC2=O. The van der Waals surface area contributed by atoms with E-state index in [-0.39, 0.29) is 22.6 Å². The van der Waals surface area contributed by atoms with Gasteiger partial charge < -0.3 is 0 Å². The number of aryl methyl sites for hydroxylation is 1. The fourth-order valence-electron chi connectivity index (χ4n) is 3.46. The molecule has 1 aromatic heterocycles. The van der Waals surface area contributed by atoms with Crippen molar-refractivity contribution < 1.29 is 18.0 Å². The van der Waals surface area contributed by atoms with Crippen LogP contribution in [0.4, 0.5) is 0 Å². The number of nitrogens with zero attached hydrogens (tertiary/aromatic N) is 2. The van der Waals surface area contributed by atoms with Crippen molar-refractivity contribution in [3.63, 3.8) is 0 Å². The molecule has 4 rings (SSSR count). The zero-order valence-electron chi connectivity index (χ0n) is 16.5. The minimum absolute atomic E-state index is 0.0610. The molecule has 0 unspecified atom stereocenters. The molecule has 154 valence electrons. The Bertz CT molecular complexity index is 1260. The smallest absolute Gasteiger partial charge is 0.258 e. The molecule has 2 amide bonds. The van der Waals surface area contributed by atoms with Gasteiger partial charge in [0.1, 0.15) is 0 Å². The lowest BCUT2D eigenvalue weighted by molar-refractivity contribution is 0.0879. The lowest BCUT2D eigenvalue weighted by Gasteiger charge is -2.09. The van der Waals surface area contributed by atoms with E-state index >= 15 is 0 Å². The number of fused-ring (bicyclic) bond motifs is 1. The third-order valence-electron chi connectivity index (χ3n) is 5.16. The van der Waals surface area contributed by atoms with E-state index in [1.165, 1.54) is 18.2 Å². The topological polar surface area (TPSA) is 110 Å². The molecular weight excluding hydrogens is 404 g/mol. The molecule has 0 radical (unpaired) electrons. The molecule has 0 saturated heterocycles. The molecule has 9 heteroatoms. The van der Waals surface area contributed by atoms with Gasteiger partial charge in [-0.3, -0.25) is 19.6 Å². The van der Waals surface area contributed by atoms with E-state index in [4.69, 9.17) is 0 Å². The van der Waals surface area contributed by atoms with E-state index in [2.05, 4.69) is 15.1 Å². The van der Waals surface area contributed by atoms with Gasteiger partial charge in [0, 0.05) is 17.8 Å². The van der Waals surface area contributed by atoms with Gasteiger partial charge in [-0.2, -0.15) is 5.10 Å². The van der Waals surface area contributed by atoms with E-state index < -0.39 is 21.8 Å². The van der Waals surface area contributed by atoms with E-state index in [9.17, 15) is 18.0 Å². The standard InChI is InChI=1S/C21H20N4O4S/c1-13-19(14(2)25(24-13)12-15-6-4-3-5-7-15)11-22-30(28,29)16-8-9-17-18(10-16)21(27)23-20(17)26/h3-10,22H,11-12H2,1-2H3,(H,23,26,27). The van der Waals surface area contributed by atoms with Crippen LogP contribution in [0.25, 0.3) is 0 Å². The minimum atomic E-state index is -3.88. The number of rotatable bonds is 6. The van der Waals surface area contributed by atoms with Crippen LogP contribution in [0.1, 0.15) is 43.2 Å². The van der Waals surface area contributed by atoms with Crippen LogP contribution in [0.3, 0.4) is 0 Å². The van der Waals surface area contributed by atoms with Gasteiger partial charge >= 0.3 is 0 Å². The number of imide groups is 1. The molecule has 3 aromatic rings. The summed E-state index contributed by atoms with van der Waals surface area (Å²) in [5, 5.41) is 6.69. The summed E-state index contributed by atoms with van der Waals surface area (Å²) in [5.74, 6) is -1.12. The van der Waals surface area contributed by atoms with Crippen LogP contribution in [0.15, 0.2) is 53.4 Å². The highest BCUT2D eigenvalue weighted by Crippen LogP contribution is 2.21. The summed E-state index contributed by atoms with van der Waals surface area (Å²) in [5.41, 5.74) is 3.74. The van der Waals surface area contributed by atoms with Crippen molar-refractivity contribution in [2.24, 2.45) is 0 Å². The van der Waals surface area contributed by atoms with Gasteiger partial charge in [0.2, 0.25) is 10.0 Å². The molecule has 0 bridgehead atoms. The van der Waals surface area contributed by atoms with Gasteiger partial charge in [-0.15, -0.1) is 0 Å². The summed E-state index contributed by atoms with van der Waals surface area (Å²) in [6.07, 6.45) is 0. The Morgan fingerprint density at radius 2 is 1.70 bits per heavy atom. The van der Waals surface area contributed by atoms with Gasteiger partial charge in [0.25, 0.3) is 11.8 Å². The monoisotopic (exact) mass is 424 g/mol. The number of hydrogen-bond acceptors (Lipinski definition) is 5. The molecule has 0 spiro atoms. The minimum Gasteiger partial charge on any atom is -0.288 e. The zero-order valence-corrected chi connectivity index (χ0v) is 17.3. The second kappa shape index (κ2) is 7.51. The van der Waals surface area contributed by atoms with Crippen LogP contribution < -0.4 is 10.0 Å². The average molecular weight is 424 g/mol. The fraction of sp³-hybridized carbons (Fsp3) is 0.190. The molecule has 2 aromatic carbocycles. The van der Waals surface area contributed by atoms with Crippen molar-refractivity contribution in [1.29, 1.82) is 0 Å². The molecular formula is C21H20N4O4S. The Morgan fingerprint density at radius 1 is 1.00 bits per heavy atom. The number of benzene rings is 2. The Hall–Kier alpha value is -3.30. The molecule has 1 aliphatic rings. The van der Waals surface area contributed by atoms with Crippen LogP contribution in [0, 0.1) is 13.8 Å². The Labute approximate surface area is 174 Å². The second-order valence-corrected chi connectivity index (χ2v) is 8.87. The highest BCUT2D eigenvalue weighted by molar-refractivity contribution is 7.89. The fourth-order valence-corrected chi connectivity index (χ4v) is 4.49. The molecule has 2 heterocycles. The van der Waals surface area contributed by atoms with Crippen molar-refractivity contribution in [2.45, 2.75) is 31.8 Å². The number of amides is 2. The number of aromatic nitrogens is 2. The van der Waals surface area contributed by atoms with Crippen molar-refractivity contribution >= 4 is 21.8 Å². The van der Waals surface area contributed by atoms with Crippen LogP contribution in [-0.2, 0) is 23.1 Å². The largest absolute Gasteiger partial charge is 0.288 e. The number of carbonyl (C=O) groups excluding carboxylic acids is 2. The molecule has 0 saturated carbocycles. The Morgan fingerprint density at radius 3 is 2.43 bits per heavy atom. The first-order chi connectivity index (χ1) is 14.3. The normalized spacial score (nSPS) is 13.4. The lowest BCUT2D eigenvalue weighted by Crippen LogP contribution is -2.24. The Balaban J connectivity index is 1.54. The molecule has 0 fully saturated rings. The molecule has 0 atom stereocenters. The summed E-state index contributed by atoms with van der Waals surface area (Å²) in [6.45, 7) is 4.40. The first-order valence-corrected chi connectivity index (χ1v) is 10.8. The van der Waals surface area contributed by atoms with Crippen LogP contribution in [0.5, 0.6) is 0 Å². The van der Waals surface area contributed by atoms with Crippen LogP contribution in [-0.4, -0.2) is 30.0 Å². The second-order valence-electron chi connectivity index (χ2n) is 7.11. The van der Waals surface area contributed by atoms with Gasteiger partial charge in [0.05, 0.1) is 28.3 Å². The van der Waals surface area contributed by atoms with Crippen LogP contribution >= 0.6 is 0 Å². The highest BCUT2D eigenvalue weighted by Gasteiger charge is 2.29. The highest BCUT2D eigenvalue weighted by atomic mass is 32.2. The predicted octanol–water partition coefficient (Wildman–Crippen LogP) is 1.91. The molecule has 30 heavy (non-hydrogen) atoms. The number of carbonyl (C=O) groups is 2. The zero-order chi connectivity index (χ0) is 21.5. The third kappa shape index (κ3) is 3.64. The molecule has 2 N–H and O–H groups in total. The van der Waals surface area contributed by atoms with E-state index in [0.29, 0.717) is 6.54 Å². The predicted molar refractivity (Wildman–Crippen MR) is 110 cm³/mol. The summed E-state index contributed by atoms with van der Waals surface area (Å²) >= 11 is 0. The lowest BCUT2D eigenvalue weighted by atomic mass is 10.1. The van der Waals surface area contributed by atoms with Crippen molar-refractivity contribution in [1.82, 2.24) is 19.8 Å². The van der Waals surface area contributed by atoms with E-state index in [0.717, 1.165) is 22.5 Å². The maximum absolute atomic E-state index is 12.8. The third-order valence-corrected chi connectivity index (χ3v) is 6.56. The summed E-state index contributed by atoms with van der Waals surface area (Å²) in [4.78, 5) is 23.4. The molecule has 1 aliphatic heterocycles. The van der Waals surface area contributed by atoms with Crippen molar-refractivity contribution in [2.75, 3.05) is 0 Å². The quantitative estimate of drug-likeness (QED) is 0.588. The van der Waals surface area contributed by atoms with Crippen molar-refractivity contribution in [3.8, 4) is 0 Å². The summed E-state index contributed by atoms with van der Waals surface area (Å²) in [7, 11) is -3.88. The van der Waals surface area contributed by atoms with Gasteiger partial charge in [-0.1, -0.05) is 30.3 Å².